The average molecular weight is 316 g/mol. The Kier molecular flexibility index (Phi) is 4.71. The molecule has 4 atom stereocenters. The van der Waals surface area contributed by atoms with Gasteiger partial charge in [-0.05, 0) is 30.7 Å². The Hall–Kier alpha value is -1.81. The van der Waals surface area contributed by atoms with Crippen molar-refractivity contribution in [3.05, 3.63) is 42.0 Å². The minimum atomic E-state index is -0.320. The van der Waals surface area contributed by atoms with E-state index in [4.69, 9.17) is 4.74 Å². The number of hydrogen-bond acceptors (Lipinski definition) is 4. The van der Waals surface area contributed by atoms with Crippen LogP contribution in [-0.4, -0.2) is 30.4 Å². The molecule has 0 amide bonds. The van der Waals surface area contributed by atoms with Crippen molar-refractivity contribution in [1.29, 1.82) is 0 Å². The highest BCUT2D eigenvalue weighted by Crippen LogP contribution is 2.52. The average Bonchev–Trinajstić information content (AvgIpc) is 3.04. The number of fused-ring (bicyclic) bond motifs is 3. The zero-order valence-corrected chi connectivity index (χ0v) is 13.5. The summed E-state index contributed by atoms with van der Waals surface area (Å²) in [5.41, 5.74) is 2.35. The molecule has 124 valence electrons. The highest BCUT2D eigenvalue weighted by Gasteiger charge is 2.49. The minimum Gasteiger partial charge on any atom is -0.489 e. The summed E-state index contributed by atoms with van der Waals surface area (Å²) in [6, 6.07) is 6.22. The van der Waals surface area contributed by atoms with Crippen LogP contribution in [0.1, 0.15) is 42.7 Å². The largest absolute Gasteiger partial charge is 0.489 e. The summed E-state index contributed by atoms with van der Waals surface area (Å²) in [6.45, 7) is 3.82. The number of esters is 1. The SMILES string of the molecule is C=CCC1[C@H](O)C[C@@H]2Oc3c(CCCC(=O)OC)cccc3[C@H]12. The highest BCUT2D eigenvalue weighted by molar-refractivity contribution is 5.69. The lowest BCUT2D eigenvalue weighted by Crippen LogP contribution is -2.17. The minimum absolute atomic E-state index is 0.0618. The summed E-state index contributed by atoms with van der Waals surface area (Å²) < 4.78 is 10.9. The number of hydrogen-bond donors (Lipinski definition) is 1. The van der Waals surface area contributed by atoms with Crippen LogP contribution >= 0.6 is 0 Å². The van der Waals surface area contributed by atoms with Gasteiger partial charge in [0.05, 0.1) is 13.2 Å². The van der Waals surface area contributed by atoms with Gasteiger partial charge in [0.25, 0.3) is 0 Å². The number of aliphatic hydroxyl groups is 1. The van der Waals surface area contributed by atoms with E-state index >= 15 is 0 Å². The summed E-state index contributed by atoms with van der Waals surface area (Å²) in [7, 11) is 1.41. The van der Waals surface area contributed by atoms with Gasteiger partial charge in [-0.25, -0.2) is 0 Å². The van der Waals surface area contributed by atoms with Crippen molar-refractivity contribution < 1.29 is 19.4 Å². The quantitative estimate of drug-likeness (QED) is 0.647. The Bertz CT molecular complexity index is 595. The fourth-order valence-electron chi connectivity index (χ4n) is 4.01. The molecule has 4 heteroatoms. The van der Waals surface area contributed by atoms with E-state index in [0.29, 0.717) is 12.8 Å². The third kappa shape index (κ3) is 3.00. The number of rotatable bonds is 6. The highest BCUT2D eigenvalue weighted by atomic mass is 16.5. The Morgan fingerprint density at radius 2 is 2.35 bits per heavy atom. The number of carbonyl (C=O) groups excluding carboxylic acids is 1. The molecule has 3 rings (SSSR count). The third-order valence-electron chi connectivity index (χ3n) is 5.08. The molecule has 0 saturated heterocycles. The van der Waals surface area contributed by atoms with Crippen LogP contribution in [0.2, 0.25) is 0 Å². The maximum atomic E-state index is 11.3. The molecule has 23 heavy (non-hydrogen) atoms. The maximum absolute atomic E-state index is 11.3. The van der Waals surface area contributed by atoms with Gasteiger partial charge in [0.1, 0.15) is 11.9 Å². The van der Waals surface area contributed by atoms with E-state index in [2.05, 4.69) is 23.4 Å². The number of benzene rings is 1. The number of methoxy groups -OCH3 is 1. The number of allylic oxidation sites excluding steroid dienone is 1. The molecule has 0 radical (unpaired) electrons. The first-order chi connectivity index (χ1) is 11.2. The monoisotopic (exact) mass is 316 g/mol. The van der Waals surface area contributed by atoms with Crippen LogP contribution in [0, 0.1) is 5.92 Å². The van der Waals surface area contributed by atoms with Crippen molar-refractivity contribution in [2.45, 2.75) is 50.2 Å². The molecular formula is C19H24O4. The smallest absolute Gasteiger partial charge is 0.305 e. The Morgan fingerprint density at radius 3 is 3.09 bits per heavy atom. The number of aliphatic hydroxyl groups excluding tert-OH is 1. The summed E-state index contributed by atoms with van der Waals surface area (Å²) in [5, 5.41) is 10.3. The molecule has 0 aromatic heterocycles. The lowest BCUT2D eigenvalue weighted by molar-refractivity contribution is -0.140. The van der Waals surface area contributed by atoms with Gasteiger partial charge in [-0.15, -0.1) is 6.58 Å². The van der Waals surface area contributed by atoms with Crippen molar-refractivity contribution in [1.82, 2.24) is 0 Å². The van der Waals surface area contributed by atoms with Crippen LogP contribution in [0.4, 0.5) is 0 Å². The predicted octanol–water partition coefficient (Wildman–Crippen LogP) is 2.98. The normalized spacial score (nSPS) is 27.9. The van der Waals surface area contributed by atoms with Gasteiger partial charge in [-0.1, -0.05) is 24.3 Å². The van der Waals surface area contributed by atoms with Gasteiger partial charge in [-0.2, -0.15) is 0 Å². The van der Waals surface area contributed by atoms with Crippen molar-refractivity contribution in [3.63, 3.8) is 0 Å². The van der Waals surface area contributed by atoms with E-state index in [9.17, 15) is 9.90 Å². The molecule has 1 saturated carbocycles. The van der Waals surface area contributed by atoms with Crippen LogP contribution < -0.4 is 4.74 Å². The molecule has 0 spiro atoms. The van der Waals surface area contributed by atoms with Gasteiger partial charge in [0, 0.05) is 24.3 Å². The third-order valence-corrected chi connectivity index (χ3v) is 5.08. The molecule has 1 aromatic rings. The van der Waals surface area contributed by atoms with E-state index in [1.54, 1.807) is 0 Å². The number of aryl methyl sites for hydroxylation is 1. The van der Waals surface area contributed by atoms with Crippen LogP contribution in [-0.2, 0) is 16.0 Å². The molecule has 1 heterocycles. The second kappa shape index (κ2) is 6.75. The van der Waals surface area contributed by atoms with Gasteiger partial charge < -0.3 is 14.6 Å². The zero-order chi connectivity index (χ0) is 16.4. The molecule has 1 fully saturated rings. The maximum Gasteiger partial charge on any atom is 0.305 e. The van der Waals surface area contributed by atoms with Gasteiger partial charge in [0.15, 0.2) is 0 Å². The summed E-state index contributed by atoms with van der Waals surface area (Å²) in [5.74, 6) is 1.22. The van der Waals surface area contributed by atoms with Crippen LogP contribution in [0.5, 0.6) is 5.75 Å². The molecule has 1 unspecified atom stereocenters. The topological polar surface area (TPSA) is 55.8 Å². The zero-order valence-electron chi connectivity index (χ0n) is 13.5. The Labute approximate surface area is 137 Å². The second-order valence-corrected chi connectivity index (χ2v) is 6.44. The van der Waals surface area contributed by atoms with Crippen LogP contribution in [0.15, 0.2) is 30.9 Å². The number of ether oxygens (including phenoxy) is 2. The summed E-state index contributed by atoms with van der Waals surface area (Å²) in [6.07, 6.45) is 5.08. The standard InChI is InChI=1S/C19H24O4/c1-3-6-13-15(20)11-16-18(13)14-9-4-7-12(19(14)23-16)8-5-10-17(21)22-2/h3-4,7,9,13,15-16,18,20H,1,5-6,8,10-11H2,2H3/t13?,15-,16+,18+/m1/s1. The van der Waals surface area contributed by atoms with Gasteiger partial charge >= 0.3 is 5.97 Å². The lowest BCUT2D eigenvalue weighted by Gasteiger charge is -2.19. The first-order valence-electron chi connectivity index (χ1n) is 8.30. The van der Waals surface area contributed by atoms with E-state index in [1.165, 1.54) is 12.7 Å². The van der Waals surface area contributed by atoms with Gasteiger partial charge in [-0.3, -0.25) is 4.79 Å². The molecule has 1 N–H and O–H groups in total. The number of para-hydroxylation sites is 1. The van der Waals surface area contributed by atoms with E-state index < -0.39 is 0 Å². The fraction of sp³-hybridized carbons (Fsp3) is 0.526. The fourth-order valence-corrected chi connectivity index (χ4v) is 4.01. The summed E-state index contributed by atoms with van der Waals surface area (Å²) >= 11 is 0. The molecule has 1 aliphatic heterocycles. The van der Waals surface area contributed by atoms with Crippen molar-refractivity contribution in [3.8, 4) is 5.75 Å². The van der Waals surface area contributed by atoms with Crippen LogP contribution in [0.25, 0.3) is 0 Å². The number of carbonyl (C=O) groups is 1. The molecule has 4 nitrogen and oxygen atoms in total. The molecule has 0 bridgehead atoms. The molecule has 2 aliphatic rings. The molecule has 1 aromatic carbocycles. The van der Waals surface area contributed by atoms with Crippen molar-refractivity contribution in [2.24, 2.45) is 5.92 Å². The first-order valence-corrected chi connectivity index (χ1v) is 8.30. The Balaban J connectivity index is 1.77. The van der Waals surface area contributed by atoms with Gasteiger partial charge in [0.2, 0.25) is 0 Å². The second-order valence-electron chi connectivity index (χ2n) is 6.44. The molecule has 1 aliphatic carbocycles. The Morgan fingerprint density at radius 1 is 1.52 bits per heavy atom. The lowest BCUT2D eigenvalue weighted by atomic mass is 9.85. The van der Waals surface area contributed by atoms with Crippen molar-refractivity contribution in [2.75, 3.05) is 7.11 Å². The van der Waals surface area contributed by atoms with Crippen molar-refractivity contribution >= 4 is 5.97 Å². The predicted molar refractivity (Wildman–Crippen MR) is 87.5 cm³/mol. The van der Waals surface area contributed by atoms with Crippen LogP contribution in [0.3, 0.4) is 0 Å². The van der Waals surface area contributed by atoms with E-state index in [0.717, 1.165) is 30.6 Å². The first kappa shape index (κ1) is 16.1. The van der Waals surface area contributed by atoms with E-state index in [1.807, 2.05) is 12.1 Å². The van der Waals surface area contributed by atoms with E-state index in [-0.39, 0.29) is 30.0 Å². The summed E-state index contributed by atoms with van der Waals surface area (Å²) in [4.78, 5) is 11.3. The molecular weight excluding hydrogens is 292 g/mol.